The molecule has 0 amide bonds. The first-order valence-electron chi connectivity index (χ1n) is 6.75. The van der Waals surface area contributed by atoms with Crippen molar-refractivity contribution in [3.05, 3.63) is 29.3 Å². The minimum absolute atomic E-state index is 0.266. The van der Waals surface area contributed by atoms with Crippen molar-refractivity contribution in [2.75, 3.05) is 26.8 Å². The molecule has 1 heterocycles. The van der Waals surface area contributed by atoms with Crippen LogP contribution >= 0.6 is 12.2 Å². The molecule has 1 atom stereocenters. The van der Waals surface area contributed by atoms with Gasteiger partial charge in [0.05, 0.1) is 11.5 Å². The summed E-state index contributed by atoms with van der Waals surface area (Å²) in [5, 5.41) is 0. The van der Waals surface area contributed by atoms with Crippen LogP contribution < -0.4 is 5.73 Å². The number of methoxy groups -OCH3 is 1. The molecule has 1 saturated heterocycles. The molecule has 2 N–H and O–H groups in total. The van der Waals surface area contributed by atoms with Crippen molar-refractivity contribution in [3.63, 3.8) is 0 Å². The Balaban J connectivity index is 2.24. The quantitative estimate of drug-likeness (QED) is 0.825. The maximum Gasteiger partial charge on any atom is 0.243 e. The molecular formula is C14H20N2O3S2. The van der Waals surface area contributed by atoms with Crippen LogP contribution in [0.1, 0.15) is 17.5 Å². The van der Waals surface area contributed by atoms with E-state index in [9.17, 15) is 8.42 Å². The summed E-state index contributed by atoms with van der Waals surface area (Å²) in [5.41, 5.74) is 7.09. The summed E-state index contributed by atoms with van der Waals surface area (Å²) in [6.45, 7) is 3.44. The number of nitrogens with two attached hydrogens (primary N) is 1. The second kappa shape index (κ2) is 6.39. The Morgan fingerprint density at radius 3 is 2.81 bits per heavy atom. The molecule has 1 aliphatic rings. The van der Waals surface area contributed by atoms with Gasteiger partial charge >= 0.3 is 0 Å². The average molecular weight is 328 g/mol. The topological polar surface area (TPSA) is 72.6 Å². The molecule has 2 rings (SSSR count). The molecule has 1 aliphatic heterocycles. The van der Waals surface area contributed by atoms with Gasteiger partial charge in [0, 0.05) is 25.8 Å². The molecule has 0 saturated carbocycles. The Morgan fingerprint density at radius 1 is 1.52 bits per heavy atom. The van der Waals surface area contributed by atoms with Crippen molar-refractivity contribution >= 4 is 27.2 Å². The van der Waals surface area contributed by atoms with Gasteiger partial charge in [0.15, 0.2) is 0 Å². The van der Waals surface area contributed by atoms with Crippen LogP contribution in [0.2, 0.25) is 0 Å². The van der Waals surface area contributed by atoms with Crippen molar-refractivity contribution in [1.82, 2.24) is 4.31 Å². The highest BCUT2D eigenvalue weighted by Crippen LogP contribution is 2.25. The van der Waals surface area contributed by atoms with Gasteiger partial charge in [-0.2, -0.15) is 4.31 Å². The smallest absolute Gasteiger partial charge is 0.243 e. The molecule has 7 heteroatoms. The lowest BCUT2D eigenvalue weighted by Crippen LogP contribution is -2.29. The number of rotatable bonds is 5. The van der Waals surface area contributed by atoms with E-state index in [1.165, 1.54) is 4.31 Å². The molecule has 1 aromatic carbocycles. The normalized spacial score (nSPS) is 19.8. The minimum atomic E-state index is -3.46. The van der Waals surface area contributed by atoms with Gasteiger partial charge in [-0.3, -0.25) is 0 Å². The van der Waals surface area contributed by atoms with Crippen LogP contribution in [0, 0.1) is 12.8 Å². The predicted octanol–water partition coefficient (Wildman–Crippen LogP) is 1.29. The molecule has 116 valence electrons. The lowest BCUT2D eigenvalue weighted by Gasteiger charge is -2.17. The number of benzene rings is 1. The lowest BCUT2D eigenvalue weighted by molar-refractivity contribution is 0.157. The number of sulfonamides is 1. The maximum absolute atomic E-state index is 12.6. The van der Waals surface area contributed by atoms with E-state index in [1.54, 1.807) is 25.3 Å². The predicted molar refractivity (Wildman–Crippen MR) is 85.8 cm³/mol. The highest BCUT2D eigenvalue weighted by atomic mass is 32.2. The van der Waals surface area contributed by atoms with Gasteiger partial charge < -0.3 is 10.5 Å². The second-order valence-corrected chi connectivity index (χ2v) is 7.69. The zero-order valence-electron chi connectivity index (χ0n) is 12.2. The van der Waals surface area contributed by atoms with Crippen LogP contribution in [-0.2, 0) is 14.8 Å². The fourth-order valence-electron chi connectivity index (χ4n) is 2.61. The molecule has 5 nitrogen and oxygen atoms in total. The lowest BCUT2D eigenvalue weighted by atomic mass is 10.1. The van der Waals surface area contributed by atoms with E-state index in [0.717, 1.165) is 12.0 Å². The van der Waals surface area contributed by atoms with E-state index in [4.69, 9.17) is 22.7 Å². The number of hydrogen-bond acceptors (Lipinski definition) is 4. The molecule has 21 heavy (non-hydrogen) atoms. The van der Waals surface area contributed by atoms with Crippen molar-refractivity contribution in [2.45, 2.75) is 18.2 Å². The van der Waals surface area contributed by atoms with Gasteiger partial charge in [0.2, 0.25) is 10.0 Å². The SMILES string of the molecule is COCC1CCN(S(=O)(=O)c2ccc(C(N)=S)c(C)c2)C1. The summed E-state index contributed by atoms with van der Waals surface area (Å²) in [5.74, 6) is 0.266. The highest BCUT2D eigenvalue weighted by Gasteiger charge is 2.32. The first-order valence-corrected chi connectivity index (χ1v) is 8.60. The first-order chi connectivity index (χ1) is 9.86. The van der Waals surface area contributed by atoms with Gasteiger partial charge in [-0.15, -0.1) is 0 Å². The van der Waals surface area contributed by atoms with Gasteiger partial charge in [0.25, 0.3) is 0 Å². The third-order valence-corrected chi connectivity index (χ3v) is 5.83. The fourth-order valence-corrected chi connectivity index (χ4v) is 4.46. The summed E-state index contributed by atoms with van der Waals surface area (Å²) in [4.78, 5) is 0.566. The Hall–Kier alpha value is -1.02. The summed E-state index contributed by atoms with van der Waals surface area (Å²) >= 11 is 4.94. The van der Waals surface area contributed by atoms with Crippen molar-refractivity contribution in [2.24, 2.45) is 11.7 Å². The fraction of sp³-hybridized carbons (Fsp3) is 0.500. The van der Waals surface area contributed by atoms with Crippen LogP contribution in [0.15, 0.2) is 23.1 Å². The summed E-state index contributed by atoms with van der Waals surface area (Å²) in [6, 6.07) is 4.88. The first kappa shape index (κ1) is 16.4. The van der Waals surface area contributed by atoms with Crippen molar-refractivity contribution < 1.29 is 13.2 Å². The summed E-state index contributed by atoms with van der Waals surface area (Å²) in [7, 11) is -1.83. The summed E-state index contributed by atoms with van der Waals surface area (Å²) < 4.78 is 31.9. The van der Waals surface area contributed by atoms with E-state index in [0.29, 0.717) is 25.3 Å². The zero-order chi connectivity index (χ0) is 15.6. The van der Waals surface area contributed by atoms with E-state index in [-0.39, 0.29) is 15.8 Å². The van der Waals surface area contributed by atoms with E-state index < -0.39 is 10.0 Å². The van der Waals surface area contributed by atoms with Gasteiger partial charge in [-0.05, 0) is 37.0 Å². The molecular weight excluding hydrogens is 308 g/mol. The maximum atomic E-state index is 12.6. The van der Waals surface area contributed by atoms with Gasteiger partial charge in [-0.1, -0.05) is 18.3 Å². The largest absolute Gasteiger partial charge is 0.389 e. The van der Waals surface area contributed by atoms with Gasteiger partial charge in [-0.25, -0.2) is 8.42 Å². The molecule has 0 aliphatic carbocycles. The zero-order valence-corrected chi connectivity index (χ0v) is 13.8. The Labute approximate surface area is 131 Å². The average Bonchev–Trinajstić information content (AvgIpc) is 2.88. The molecule has 1 unspecified atom stereocenters. The Morgan fingerprint density at radius 2 is 2.24 bits per heavy atom. The second-order valence-electron chi connectivity index (χ2n) is 5.31. The van der Waals surface area contributed by atoms with E-state index in [1.807, 2.05) is 6.92 Å². The molecule has 0 aromatic heterocycles. The molecule has 0 bridgehead atoms. The summed E-state index contributed by atoms with van der Waals surface area (Å²) in [6.07, 6.45) is 0.830. The Kier molecular flexibility index (Phi) is 4.98. The van der Waals surface area contributed by atoms with Crippen LogP contribution in [-0.4, -0.2) is 44.5 Å². The third kappa shape index (κ3) is 3.42. The number of ether oxygens (including phenoxy) is 1. The number of aryl methyl sites for hydroxylation is 1. The van der Waals surface area contributed by atoms with Gasteiger partial charge in [0.1, 0.15) is 4.99 Å². The highest BCUT2D eigenvalue weighted by molar-refractivity contribution is 7.89. The molecule has 0 spiro atoms. The van der Waals surface area contributed by atoms with Crippen molar-refractivity contribution in [3.8, 4) is 0 Å². The standard InChI is InChI=1S/C14H20N2O3S2/c1-10-7-12(3-4-13(10)14(15)20)21(17,18)16-6-5-11(8-16)9-19-2/h3-4,7,11H,5-6,8-9H2,1-2H3,(H2,15,20). The molecule has 1 aromatic rings. The van der Waals surface area contributed by atoms with Crippen LogP contribution in [0.4, 0.5) is 0 Å². The van der Waals surface area contributed by atoms with Crippen LogP contribution in [0.3, 0.4) is 0 Å². The third-order valence-electron chi connectivity index (χ3n) is 3.75. The molecule has 1 fully saturated rings. The molecule has 0 radical (unpaired) electrons. The number of nitrogens with zero attached hydrogens (tertiary/aromatic N) is 1. The van der Waals surface area contributed by atoms with E-state index >= 15 is 0 Å². The van der Waals surface area contributed by atoms with E-state index in [2.05, 4.69) is 0 Å². The number of thiocarbonyl (C=S) groups is 1. The van der Waals surface area contributed by atoms with Crippen LogP contribution in [0.5, 0.6) is 0 Å². The Bertz CT molecular complexity index is 644. The van der Waals surface area contributed by atoms with Crippen molar-refractivity contribution in [1.29, 1.82) is 0 Å². The van der Waals surface area contributed by atoms with Crippen LogP contribution in [0.25, 0.3) is 0 Å². The minimum Gasteiger partial charge on any atom is -0.389 e. The number of hydrogen-bond donors (Lipinski definition) is 1. The monoisotopic (exact) mass is 328 g/mol.